The minimum Gasteiger partial charge on any atom is -0.496 e. The van der Waals surface area contributed by atoms with E-state index in [-0.39, 0.29) is 0 Å². The fraction of sp³-hybridized carbons (Fsp3) is 0.0714. The number of para-hydroxylation sites is 3. The van der Waals surface area contributed by atoms with Crippen LogP contribution in [0.1, 0.15) is 0 Å². The Morgan fingerprint density at radius 3 is 2.67 bits per heavy atom. The van der Waals surface area contributed by atoms with Crippen molar-refractivity contribution in [3.8, 4) is 5.75 Å². The number of benzene rings is 2. The van der Waals surface area contributed by atoms with E-state index in [1.165, 1.54) is 11.8 Å². The molecule has 90 valence electrons. The predicted molar refractivity (Wildman–Crippen MR) is 71.1 cm³/mol. The summed E-state index contributed by atoms with van der Waals surface area (Å²) >= 11 is 1.46. The third-order valence-electron chi connectivity index (χ3n) is 2.54. The van der Waals surface area contributed by atoms with E-state index in [1.54, 1.807) is 7.11 Å². The molecule has 0 atom stereocenters. The molecule has 0 radical (unpaired) electrons. The van der Waals surface area contributed by atoms with Crippen molar-refractivity contribution < 1.29 is 9.15 Å². The van der Waals surface area contributed by atoms with Crippen molar-refractivity contribution >= 4 is 22.9 Å². The van der Waals surface area contributed by atoms with Gasteiger partial charge in [0.05, 0.1) is 12.0 Å². The highest BCUT2D eigenvalue weighted by molar-refractivity contribution is 7.99. The summed E-state index contributed by atoms with van der Waals surface area (Å²) in [5.41, 5.74) is 1.67. The summed E-state index contributed by atoms with van der Waals surface area (Å²) in [7, 11) is 1.66. The van der Waals surface area contributed by atoms with Gasteiger partial charge in [-0.05, 0) is 36.0 Å². The Bertz CT molecular complexity index is 645. The van der Waals surface area contributed by atoms with Crippen molar-refractivity contribution in [2.24, 2.45) is 0 Å². The number of methoxy groups -OCH3 is 1. The number of hydrogen-bond donors (Lipinski definition) is 0. The van der Waals surface area contributed by atoms with E-state index in [1.807, 2.05) is 48.5 Å². The molecule has 18 heavy (non-hydrogen) atoms. The van der Waals surface area contributed by atoms with Crippen LogP contribution in [0, 0.1) is 0 Å². The average Bonchev–Trinajstić information content (AvgIpc) is 2.81. The molecule has 1 aromatic heterocycles. The third kappa shape index (κ3) is 2.07. The van der Waals surface area contributed by atoms with Gasteiger partial charge in [0, 0.05) is 0 Å². The van der Waals surface area contributed by atoms with E-state index in [0.29, 0.717) is 5.22 Å². The average molecular weight is 257 g/mol. The summed E-state index contributed by atoms with van der Waals surface area (Å²) in [6, 6.07) is 15.5. The van der Waals surface area contributed by atoms with Crippen LogP contribution in [0.3, 0.4) is 0 Å². The molecule has 0 saturated carbocycles. The maximum Gasteiger partial charge on any atom is 0.261 e. The zero-order valence-corrected chi connectivity index (χ0v) is 10.6. The number of hydrogen-bond acceptors (Lipinski definition) is 4. The molecule has 0 unspecified atom stereocenters. The molecule has 0 amide bonds. The van der Waals surface area contributed by atoms with Crippen LogP contribution >= 0.6 is 11.8 Å². The summed E-state index contributed by atoms with van der Waals surface area (Å²) in [6.45, 7) is 0. The number of rotatable bonds is 3. The summed E-state index contributed by atoms with van der Waals surface area (Å²) in [5, 5.41) is 0.626. The number of ether oxygens (including phenoxy) is 1. The quantitative estimate of drug-likeness (QED) is 0.710. The minimum absolute atomic E-state index is 0.626. The first kappa shape index (κ1) is 11.2. The first-order chi connectivity index (χ1) is 8.86. The lowest BCUT2D eigenvalue weighted by Crippen LogP contribution is -1.84. The summed E-state index contributed by atoms with van der Waals surface area (Å²) < 4.78 is 11.0. The van der Waals surface area contributed by atoms with Crippen LogP contribution in [0.5, 0.6) is 5.75 Å². The summed E-state index contributed by atoms with van der Waals surface area (Å²) in [4.78, 5) is 5.42. The second-order valence-corrected chi connectivity index (χ2v) is 4.69. The largest absolute Gasteiger partial charge is 0.496 e. The normalized spacial score (nSPS) is 10.7. The van der Waals surface area contributed by atoms with E-state index < -0.39 is 0 Å². The number of nitrogens with zero attached hydrogens (tertiary/aromatic N) is 1. The topological polar surface area (TPSA) is 35.3 Å². The molecule has 0 aliphatic heterocycles. The van der Waals surface area contributed by atoms with Gasteiger partial charge >= 0.3 is 0 Å². The van der Waals surface area contributed by atoms with Crippen LogP contribution in [0.25, 0.3) is 11.1 Å². The van der Waals surface area contributed by atoms with Crippen LogP contribution in [-0.4, -0.2) is 12.1 Å². The van der Waals surface area contributed by atoms with Crippen molar-refractivity contribution in [1.29, 1.82) is 0 Å². The molecule has 0 aliphatic carbocycles. The zero-order chi connectivity index (χ0) is 12.4. The van der Waals surface area contributed by atoms with Gasteiger partial charge in [0.25, 0.3) is 5.22 Å². The standard InChI is InChI=1S/C14H11NO2S/c1-16-12-8-4-5-9-13(12)18-14-15-10-6-2-3-7-11(10)17-14/h2-9H,1H3. The molecule has 0 bridgehead atoms. The first-order valence-corrected chi connectivity index (χ1v) is 6.35. The van der Waals surface area contributed by atoms with Crippen molar-refractivity contribution in [2.45, 2.75) is 10.1 Å². The Hall–Kier alpha value is -1.94. The summed E-state index contributed by atoms with van der Waals surface area (Å²) in [5.74, 6) is 0.824. The van der Waals surface area contributed by atoms with Gasteiger partial charge in [-0.2, -0.15) is 0 Å². The van der Waals surface area contributed by atoms with Gasteiger partial charge in [0.15, 0.2) is 5.58 Å². The smallest absolute Gasteiger partial charge is 0.261 e. The van der Waals surface area contributed by atoms with Crippen LogP contribution < -0.4 is 4.74 Å². The molecule has 0 N–H and O–H groups in total. The molecule has 1 heterocycles. The molecular formula is C14H11NO2S. The fourth-order valence-corrected chi connectivity index (χ4v) is 2.55. The lowest BCUT2D eigenvalue weighted by Gasteiger charge is -2.04. The first-order valence-electron chi connectivity index (χ1n) is 5.53. The molecular weight excluding hydrogens is 246 g/mol. The fourth-order valence-electron chi connectivity index (χ4n) is 1.69. The lowest BCUT2D eigenvalue weighted by atomic mass is 10.3. The van der Waals surface area contributed by atoms with E-state index in [0.717, 1.165) is 21.7 Å². The Morgan fingerprint density at radius 2 is 1.83 bits per heavy atom. The highest BCUT2D eigenvalue weighted by Crippen LogP contribution is 2.35. The maximum atomic E-state index is 5.67. The Labute approximate surface area is 109 Å². The third-order valence-corrected chi connectivity index (χ3v) is 3.45. The van der Waals surface area contributed by atoms with Gasteiger partial charge in [-0.1, -0.05) is 24.3 Å². The van der Waals surface area contributed by atoms with Crippen molar-refractivity contribution in [1.82, 2.24) is 4.98 Å². The highest BCUT2D eigenvalue weighted by Gasteiger charge is 2.09. The molecule has 3 rings (SSSR count). The van der Waals surface area contributed by atoms with Gasteiger partial charge < -0.3 is 9.15 Å². The Kier molecular flexibility index (Phi) is 2.94. The van der Waals surface area contributed by atoms with Crippen LogP contribution in [0.15, 0.2) is 63.1 Å². The molecule has 0 aliphatic rings. The maximum absolute atomic E-state index is 5.67. The van der Waals surface area contributed by atoms with E-state index >= 15 is 0 Å². The molecule has 0 fully saturated rings. The second-order valence-electron chi connectivity index (χ2n) is 3.70. The van der Waals surface area contributed by atoms with Crippen molar-refractivity contribution in [2.75, 3.05) is 7.11 Å². The number of aromatic nitrogens is 1. The Morgan fingerprint density at radius 1 is 1.06 bits per heavy atom. The van der Waals surface area contributed by atoms with Gasteiger partial charge in [0.1, 0.15) is 11.3 Å². The van der Waals surface area contributed by atoms with Crippen LogP contribution in [0.4, 0.5) is 0 Å². The lowest BCUT2D eigenvalue weighted by molar-refractivity contribution is 0.404. The molecule has 4 heteroatoms. The van der Waals surface area contributed by atoms with Crippen LogP contribution in [-0.2, 0) is 0 Å². The van der Waals surface area contributed by atoms with E-state index in [9.17, 15) is 0 Å². The van der Waals surface area contributed by atoms with Gasteiger partial charge in [0.2, 0.25) is 0 Å². The zero-order valence-electron chi connectivity index (χ0n) is 9.79. The highest BCUT2D eigenvalue weighted by atomic mass is 32.2. The van der Waals surface area contributed by atoms with Gasteiger partial charge in [-0.25, -0.2) is 4.98 Å². The number of fused-ring (bicyclic) bond motifs is 1. The molecule has 3 aromatic rings. The SMILES string of the molecule is COc1ccccc1Sc1nc2ccccc2o1. The summed E-state index contributed by atoms with van der Waals surface area (Å²) in [6.07, 6.45) is 0. The monoisotopic (exact) mass is 257 g/mol. The number of oxazole rings is 1. The van der Waals surface area contributed by atoms with Crippen molar-refractivity contribution in [3.05, 3.63) is 48.5 Å². The van der Waals surface area contributed by atoms with E-state index in [2.05, 4.69) is 4.98 Å². The molecule has 2 aromatic carbocycles. The molecule has 0 saturated heterocycles. The Balaban J connectivity index is 1.96. The second kappa shape index (κ2) is 4.74. The minimum atomic E-state index is 0.626. The molecule has 0 spiro atoms. The van der Waals surface area contributed by atoms with E-state index in [4.69, 9.17) is 9.15 Å². The van der Waals surface area contributed by atoms with Crippen LogP contribution in [0.2, 0.25) is 0 Å². The molecule has 3 nitrogen and oxygen atoms in total. The predicted octanol–water partition coefficient (Wildman–Crippen LogP) is 3.99. The van der Waals surface area contributed by atoms with Gasteiger partial charge in [-0.3, -0.25) is 0 Å². The van der Waals surface area contributed by atoms with Crippen molar-refractivity contribution in [3.63, 3.8) is 0 Å². The van der Waals surface area contributed by atoms with Gasteiger partial charge in [-0.15, -0.1) is 0 Å².